The number of amides is 1. The van der Waals surface area contributed by atoms with Gasteiger partial charge in [0.2, 0.25) is 5.91 Å². The highest BCUT2D eigenvalue weighted by atomic mass is 32.2. The zero-order chi connectivity index (χ0) is 18.8. The second-order valence-corrected chi connectivity index (χ2v) is 9.20. The summed E-state index contributed by atoms with van der Waals surface area (Å²) in [5.74, 6) is 0.182. The van der Waals surface area contributed by atoms with E-state index in [1.807, 2.05) is 43.3 Å². The van der Waals surface area contributed by atoms with Crippen LogP contribution in [0.15, 0.2) is 46.8 Å². The molecule has 4 aromatic rings. The van der Waals surface area contributed by atoms with E-state index < -0.39 is 0 Å². The van der Waals surface area contributed by atoms with E-state index in [2.05, 4.69) is 33.5 Å². The van der Waals surface area contributed by atoms with Crippen LogP contribution < -0.4 is 5.32 Å². The van der Waals surface area contributed by atoms with Gasteiger partial charge in [0.25, 0.3) is 0 Å². The van der Waals surface area contributed by atoms with E-state index >= 15 is 0 Å². The Hall–Kier alpha value is -2.29. The Kier molecular flexibility index (Phi) is 5.20. The molecule has 8 heteroatoms. The molecular formula is C19H16N4OS3. The number of nitrogens with one attached hydrogen (secondary N) is 1. The average molecular weight is 413 g/mol. The number of benzene rings is 2. The Labute approximate surface area is 168 Å². The minimum Gasteiger partial charge on any atom is -0.301 e. The molecule has 136 valence electrons. The van der Waals surface area contributed by atoms with Crippen molar-refractivity contribution in [3.05, 3.63) is 53.6 Å². The first-order valence-corrected chi connectivity index (χ1v) is 10.9. The summed E-state index contributed by atoms with van der Waals surface area (Å²) in [5.41, 5.74) is 4.29. The highest BCUT2D eigenvalue weighted by Crippen LogP contribution is 2.31. The van der Waals surface area contributed by atoms with E-state index in [1.54, 1.807) is 0 Å². The summed E-state index contributed by atoms with van der Waals surface area (Å²) in [6, 6.07) is 14.1. The van der Waals surface area contributed by atoms with Gasteiger partial charge in [-0.25, -0.2) is 4.98 Å². The van der Waals surface area contributed by atoms with Gasteiger partial charge in [0, 0.05) is 5.56 Å². The van der Waals surface area contributed by atoms with Crippen molar-refractivity contribution in [3.63, 3.8) is 0 Å². The second kappa shape index (κ2) is 7.75. The Balaban J connectivity index is 1.39. The topological polar surface area (TPSA) is 67.8 Å². The Bertz CT molecular complexity index is 1120. The average Bonchev–Trinajstić information content (AvgIpc) is 3.28. The predicted octanol–water partition coefficient (Wildman–Crippen LogP) is 5.16. The van der Waals surface area contributed by atoms with Gasteiger partial charge in [-0.2, -0.15) is 0 Å². The number of rotatable bonds is 5. The Morgan fingerprint density at radius 1 is 1.04 bits per heavy atom. The molecule has 0 spiro atoms. The zero-order valence-electron chi connectivity index (χ0n) is 14.7. The van der Waals surface area contributed by atoms with Crippen molar-refractivity contribution in [2.24, 2.45) is 0 Å². The Morgan fingerprint density at radius 3 is 2.67 bits per heavy atom. The van der Waals surface area contributed by atoms with E-state index in [4.69, 9.17) is 0 Å². The van der Waals surface area contributed by atoms with Crippen molar-refractivity contribution >= 4 is 55.7 Å². The molecular weight excluding hydrogens is 396 g/mol. The normalized spacial score (nSPS) is 11.0. The molecule has 27 heavy (non-hydrogen) atoms. The molecule has 0 saturated carbocycles. The van der Waals surface area contributed by atoms with Crippen LogP contribution in [0, 0.1) is 13.8 Å². The summed E-state index contributed by atoms with van der Waals surface area (Å²) in [6.07, 6.45) is 0. The molecule has 2 heterocycles. The monoisotopic (exact) mass is 412 g/mol. The molecule has 0 fully saturated rings. The number of thioether (sulfide) groups is 1. The van der Waals surface area contributed by atoms with Gasteiger partial charge in [0.15, 0.2) is 9.47 Å². The van der Waals surface area contributed by atoms with Gasteiger partial charge in [-0.05, 0) is 31.0 Å². The van der Waals surface area contributed by atoms with Crippen molar-refractivity contribution in [2.75, 3.05) is 11.1 Å². The van der Waals surface area contributed by atoms with Crippen LogP contribution in [0.2, 0.25) is 0 Å². The number of anilines is 1. The summed E-state index contributed by atoms with van der Waals surface area (Å²) in [7, 11) is 0. The van der Waals surface area contributed by atoms with Gasteiger partial charge in [-0.3, -0.25) is 4.79 Å². The van der Waals surface area contributed by atoms with E-state index in [-0.39, 0.29) is 11.7 Å². The third kappa shape index (κ3) is 4.02. The van der Waals surface area contributed by atoms with Gasteiger partial charge in [0.05, 0.1) is 16.0 Å². The summed E-state index contributed by atoms with van der Waals surface area (Å²) >= 11 is 4.38. The van der Waals surface area contributed by atoms with Gasteiger partial charge in [-0.1, -0.05) is 70.8 Å². The molecule has 1 N–H and O–H groups in total. The molecule has 4 rings (SSSR count). The fourth-order valence-electron chi connectivity index (χ4n) is 2.61. The van der Waals surface area contributed by atoms with E-state index in [0.717, 1.165) is 36.3 Å². The number of fused-ring (bicyclic) bond motifs is 1. The molecule has 5 nitrogen and oxygen atoms in total. The largest absolute Gasteiger partial charge is 0.301 e. The first kappa shape index (κ1) is 18.1. The maximum Gasteiger partial charge on any atom is 0.236 e. The number of carbonyl (C=O) groups excluding carboxylic acids is 1. The molecule has 0 bridgehead atoms. The third-order valence-corrected chi connectivity index (χ3v) is 7.00. The second-order valence-electron chi connectivity index (χ2n) is 5.97. The van der Waals surface area contributed by atoms with E-state index in [1.165, 1.54) is 34.4 Å². The lowest BCUT2D eigenvalue weighted by Gasteiger charge is -1.99. The van der Waals surface area contributed by atoms with Crippen LogP contribution in [0.25, 0.3) is 20.8 Å². The first-order chi connectivity index (χ1) is 13.1. The van der Waals surface area contributed by atoms with Crippen LogP contribution in [-0.2, 0) is 4.79 Å². The SMILES string of the molecule is Cc1ccccc1-c1nnc(SCC(=O)Nc2nc3c(C)cccc3s2)s1. The van der Waals surface area contributed by atoms with Crippen molar-refractivity contribution in [2.45, 2.75) is 18.2 Å². The minimum atomic E-state index is -0.0932. The lowest BCUT2D eigenvalue weighted by Crippen LogP contribution is -2.13. The Morgan fingerprint density at radius 2 is 1.85 bits per heavy atom. The quantitative estimate of drug-likeness (QED) is 0.459. The van der Waals surface area contributed by atoms with Crippen LogP contribution >= 0.6 is 34.4 Å². The first-order valence-electron chi connectivity index (χ1n) is 8.28. The smallest absolute Gasteiger partial charge is 0.236 e. The lowest BCUT2D eigenvalue weighted by molar-refractivity contribution is -0.113. The highest BCUT2D eigenvalue weighted by Gasteiger charge is 2.13. The van der Waals surface area contributed by atoms with Crippen LogP contribution in [0.1, 0.15) is 11.1 Å². The van der Waals surface area contributed by atoms with Gasteiger partial charge < -0.3 is 5.32 Å². The van der Waals surface area contributed by atoms with Crippen molar-refractivity contribution in [1.82, 2.24) is 15.2 Å². The van der Waals surface area contributed by atoms with Crippen LogP contribution in [0.4, 0.5) is 5.13 Å². The number of aryl methyl sites for hydroxylation is 2. The maximum absolute atomic E-state index is 12.3. The predicted molar refractivity (Wildman–Crippen MR) is 114 cm³/mol. The van der Waals surface area contributed by atoms with Gasteiger partial charge in [0.1, 0.15) is 5.01 Å². The molecule has 0 atom stereocenters. The molecule has 2 aromatic heterocycles. The summed E-state index contributed by atoms with van der Waals surface area (Å²) in [6.45, 7) is 4.07. The fraction of sp³-hybridized carbons (Fsp3) is 0.158. The molecule has 1 amide bonds. The maximum atomic E-state index is 12.3. The lowest BCUT2D eigenvalue weighted by atomic mass is 10.1. The number of nitrogens with zero attached hydrogens (tertiary/aromatic N) is 3. The van der Waals surface area contributed by atoms with Crippen LogP contribution in [0.5, 0.6) is 0 Å². The van der Waals surface area contributed by atoms with Gasteiger partial charge >= 0.3 is 0 Å². The van der Waals surface area contributed by atoms with Crippen molar-refractivity contribution in [1.29, 1.82) is 0 Å². The molecule has 0 saturated heterocycles. The third-order valence-electron chi connectivity index (χ3n) is 3.98. The minimum absolute atomic E-state index is 0.0932. The van der Waals surface area contributed by atoms with Crippen LogP contribution in [0.3, 0.4) is 0 Å². The number of hydrogen-bond acceptors (Lipinski definition) is 7. The molecule has 0 unspecified atom stereocenters. The molecule has 0 radical (unpaired) electrons. The van der Waals surface area contributed by atoms with E-state index in [0.29, 0.717) is 5.13 Å². The summed E-state index contributed by atoms with van der Waals surface area (Å²) in [4.78, 5) is 16.8. The van der Waals surface area contributed by atoms with Crippen molar-refractivity contribution in [3.8, 4) is 10.6 Å². The summed E-state index contributed by atoms with van der Waals surface area (Å²) in [5, 5.41) is 12.8. The number of thiazole rings is 1. The molecule has 0 aliphatic carbocycles. The number of aromatic nitrogens is 3. The molecule has 0 aliphatic rings. The van der Waals surface area contributed by atoms with Gasteiger partial charge in [-0.15, -0.1) is 10.2 Å². The zero-order valence-corrected chi connectivity index (χ0v) is 17.2. The number of carbonyl (C=O) groups is 1. The fourth-order valence-corrected chi connectivity index (χ4v) is 5.31. The number of para-hydroxylation sites is 1. The molecule has 0 aliphatic heterocycles. The standard InChI is InChI=1S/C19H16N4OS3/c1-11-6-3-4-8-13(11)17-22-23-19(27-17)25-10-15(24)20-18-21-16-12(2)7-5-9-14(16)26-18/h3-9H,10H2,1-2H3,(H,20,21,24). The number of hydrogen-bond donors (Lipinski definition) is 1. The van der Waals surface area contributed by atoms with Crippen molar-refractivity contribution < 1.29 is 4.79 Å². The summed E-state index contributed by atoms with van der Waals surface area (Å²) < 4.78 is 1.86. The van der Waals surface area contributed by atoms with Crippen LogP contribution in [-0.4, -0.2) is 26.8 Å². The van der Waals surface area contributed by atoms with E-state index in [9.17, 15) is 4.79 Å². The molecule has 2 aromatic carbocycles. The highest BCUT2D eigenvalue weighted by molar-refractivity contribution is 8.01.